The number of hydrogen-bond acceptors (Lipinski definition) is 15. The zero-order chi connectivity index (χ0) is 65.6. The van der Waals surface area contributed by atoms with E-state index in [9.17, 15) is 43.2 Å². The van der Waals surface area contributed by atoms with Gasteiger partial charge in [0, 0.05) is 25.7 Å². The number of rotatable bonds is 70. The molecule has 6 atom stereocenters. The van der Waals surface area contributed by atoms with Gasteiger partial charge in [0.15, 0.2) is 12.2 Å². The van der Waals surface area contributed by atoms with E-state index >= 15 is 0 Å². The molecule has 0 fully saturated rings. The summed E-state index contributed by atoms with van der Waals surface area (Å²) in [5.41, 5.74) is 0. The molecule has 0 radical (unpaired) electrons. The van der Waals surface area contributed by atoms with Crippen molar-refractivity contribution in [3.63, 3.8) is 0 Å². The minimum atomic E-state index is -4.95. The van der Waals surface area contributed by atoms with Crippen LogP contribution in [0, 0.1) is 5.92 Å². The number of ether oxygens (including phenoxy) is 4. The van der Waals surface area contributed by atoms with Crippen molar-refractivity contribution in [3.05, 3.63) is 0 Å². The highest BCUT2D eigenvalue weighted by atomic mass is 31.2. The molecule has 0 amide bonds. The Kier molecular flexibility index (Phi) is 62.1. The van der Waals surface area contributed by atoms with Gasteiger partial charge in [-0.1, -0.05) is 311 Å². The maximum atomic E-state index is 13.0. The third kappa shape index (κ3) is 63.2. The number of esters is 4. The Morgan fingerprint density at radius 3 is 0.798 bits per heavy atom. The fourth-order valence-electron chi connectivity index (χ4n) is 10.6. The lowest BCUT2D eigenvalue weighted by atomic mass is 9.99. The number of aliphatic hydroxyl groups is 1. The smallest absolute Gasteiger partial charge is 0.462 e. The molecule has 0 aromatic rings. The van der Waals surface area contributed by atoms with Gasteiger partial charge < -0.3 is 33.8 Å². The van der Waals surface area contributed by atoms with Gasteiger partial charge in [-0.2, -0.15) is 0 Å². The Hall–Kier alpha value is -1.94. The third-order valence-corrected chi connectivity index (χ3v) is 18.5. The Bertz CT molecular complexity index is 1720. The first kappa shape index (κ1) is 87.1. The van der Waals surface area contributed by atoms with Crippen molar-refractivity contribution in [1.29, 1.82) is 0 Å². The summed E-state index contributed by atoms with van der Waals surface area (Å²) in [6, 6.07) is 0. The van der Waals surface area contributed by atoms with Crippen LogP contribution in [-0.4, -0.2) is 96.7 Å². The second kappa shape index (κ2) is 63.5. The van der Waals surface area contributed by atoms with Crippen LogP contribution in [0.4, 0.5) is 0 Å². The number of aliphatic hydroxyl groups excluding tert-OH is 1. The van der Waals surface area contributed by atoms with E-state index in [1.165, 1.54) is 180 Å². The lowest BCUT2D eigenvalue weighted by molar-refractivity contribution is -0.161. The van der Waals surface area contributed by atoms with Gasteiger partial charge in [0.1, 0.15) is 19.3 Å². The Morgan fingerprint density at radius 2 is 0.539 bits per heavy atom. The molecule has 17 nitrogen and oxygen atoms in total. The van der Waals surface area contributed by atoms with Crippen molar-refractivity contribution in [2.75, 3.05) is 39.6 Å². The molecular weight excluding hydrogens is 1170 g/mol. The molecular formula is C70H136O17P2. The highest BCUT2D eigenvalue weighted by Gasteiger charge is 2.30. The maximum absolute atomic E-state index is 13.0. The van der Waals surface area contributed by atoms with Crippen LogP contribution < -0.4 is 0 Å². The molecule has 19 heteroatoms. The molecule has 0 aliphatic rings. The minimum absolute atomic E-state index is 0.107. The van der Waals surface area contributed by atoms with Crippen LogP contribution in [0.25, 0.3) is 0 Å². The van der Waals surface area contributed by atoms with Crippen molar-refractivity contribution in [2.24, 2.45) is 5.92 Å². The van der Waals surface area contributed by atoms with Crippen molar-refractivity contribution >= 4 is 39.5 Å². The topological polar surface area (TPSA) is 237 Å². The summed E-state index contributed by atoms with van der Waals surface area (Å²) < 4.78 is 68.2. The first-order chi connectivity index (χ1) is 43.1. The monoisotopic (exact) mass is 1310 g/mol. The highest BCUT2D eigenvalue weighted by molar-refractivity contribution is 7.47. The average molecular weight is 1310 g/mol. The van der Waals surface area contributed by atoms with Gasteiger partial charge in [-0.05, 0) is 31.6 Å². The summed E-state index contributed by atoms with van der Waals surface area (Å²) in [6.07, 6.45) is 49.9. The molecule has 0 spiro atoms. The molecule has 0 aliphatic heterocycles. The van der Waals surface area contributed by atoms with Crippen LogP contribution in [-0.2, 0) is 65.4 Å². The molecule has 3 unspecified atom stereocenters. The molecule has 528 valence electrons. The van der Waals surface area contributed by atoms with Gasteiger partial charge >= 0.3 is 39.5 Å². The van der Waals surface area contributed by atoms with E-state index in [-0.39, 0.29) is 25.7 Å². The lowest BCUT2D eigenvalue weighted by Gasteiger charge is -2.21. The second-order valence-corrected chi connectivity index (χ2v) is 28.4. The van der Waals surface area contributed by atoms with Gasteiger partial charge in [-0.25, -0.2) is 9.13 Å². The maximum Gasteiger partial charge on any atom is 0.472 e. The van der Waals surface area contributed by atoms with E-state index < -0.39 is 97.5 Å². The number of carbonyl (C=O) groups is 4. The van der Waals surface area contributed by atoms with E-state index in [1.807, 2.05) is 0 Å². The SMILES string of the molecule is CCCCCCCCCCCCCCCCCCCC(=O)O[C@H](COC(=O)CCCCCCCCCCC(C)CC)COP(=O)(O)OC[C@@H](O)COP(=O)(O)OC[C@@H](COC(=O)CCCCCCCCCC)OC(=O)CCCCCCCCCCCCCC. The largest absolute Gasteiger partial charge is 0.472 e. The molecule has 3 N–H and O–H groups in total. The van der Waals surface area contributed by atoms with Gasteiger partial charge in [0.2, 0.25) is 0 Å². The van der Waals surface area contributed by atoms with Crippen molar-refractivity contribution in [3.8, 4) is 0 Å². The molecule has 0 rings (SSSR count). The van der Waals surface area contributed by atoms with E-state index in [0.717, 1.165) is 102 Å². The summed E-state index contributed by atoms with van der Waals surface area (Å²) in [5.74, 6) is -1.35. The van der Waals surface area contributed by atoms with Crippen LogP contribution in [0.2, 0.25) is 0 Å². The predicted molar refractivity (Wildman–Crippen MR) is 358 cm³/mol. The van der Waals surface area contributed by atoms with Gasteiger partial charge in [-0.3, -0.25) is 37.3 Å². The summed E-state index contributed by atoms with van der Waals surface area (Å²) in [6.45, 7) is 7.23. The van der Waals surface area contributed by atoms with Crippen LogP contribution in [0.3, 0.4) is 0 Å². The molecule has 0 bridgehead atoms. The van der Waals surface area contributed by atoms with Crippen molar-refractivity contribution in [1.82, 2.24) is 0 Å². The molecule has 0 saturated carbocycles. The fourth-order valence-corrected chi connectivity index (χ4v) is 12.2. The van der Waals surface area contributed by atoms with Gasteiger partial charge in [0.25, 0.3) is 0 Å². The molecule has 89 heavy (non-hydrogen) atoms. The zero-order valence-corrected chi connectivity index (χ0v) is 59.4. The number of carbonyl (C=O) groups excluding carboxylic acids is 4. The van der Waals surface area contributed by atoms with Crippen molar-refractivity contribution < 1.29 is 80.2 Å². The Balaban J connectivity index is 5.21. The molecule has 0 aromatic heterocycles. The number of unbranched alkanes of at least 4 members (excludes halogenated alkanes) is 41. The zero-order valence-electron chi connectivity index (χ0n) is 57.6. The number of phosphoric acid groups is 2. The van der Waals surface area contributed by atoms with Crippen LogP contribution in [0.5, 0.6) is 0 Å². The van der Waals surface area contributed by atoms with E-state index in [1.54, 1.807) is 0 Å². The Morgan fingerprint density at radius 1 is 0.315 bits per heavy atom. The second-order valence-electron chi connectivity index (χ2n) is 25.5. The van der Waals surface area contributed by atoms with Gasteiger partial charge in [-0.15, -0.1) is 0 Å². The molecule has 0 heterocycles. The standard InChI is InChI=1S/C70H136O17P2/c1-6-10-13-16-19-22-24-26-27-28-29-30-32-34-41-46-51-56-70(75)87-66(60-81-68(73)54-49-44-39-36-35-37-42-47-52-63(5)9-4)62-85-89(78,79)83-58-64(71)57-82-88(76,77)84-61-65(59-80-67(72)53-48-43-38-21-18-15-12-8-3)86-69(74)55-50-45-40-33-31-25-23-20-17-14-11-7-2/h63-66,71H,6-62H2,1-5H3,(H,76,77)(H,78,79)/t63?,64-,65+,66+/m0/s1. The van der Waals surface area contributed by atoms with Crippen molar-refractivity contribution in [2.45, 2.75) is 380 Å². The first-order valence-electron chi connectivity index (χ1n) is 36.7. The fraction of sp³-hybridized carbons (Fsp3) is 0.943. The minimum Gasteiger partial charge on any atom is -0.462 e. The first-order valence-corrected chi connectivity index (χ1v) is 39.7. The quantitative estimate of drug-likeness (QED) is 0.0222. The van der Waals surface area contributed by atoms with E-state index in [0.29, 0.717) is 25.7 Å². The average Bonchev–Trinajstić information content (AvgIpc) is 3.60. The number of hydrogen-bond donors (Lipinski definition) is 3. The van der Waals surface area contributed by atoms with Crippen LogP contribution in [0.15, 0.2) is 0 Å². The molecule has 0 aromatic carbocycles. The third-order valence-electron chi connectivity index (χ3n) is 16.6. The summed E-state index contributed by atoms with van der Waals surface area (Å²) in [5, 5.41) is 10.6. The summed E-state index contributed by atoms with van der Waals surface area (Å²) >= 11 is 0. The van der Waals surface area contributed by atoms with E-state index in [4.69, 9.17) is 37.0 Å². The Labute approximate surface area is 543 Å². The molecule has 0 saturated heterocycles. The van der Waals surface area contributed by atoms with Gasteiger partial charge in [0.05, 0.1) is 26.4 Å². The van der Waals surface area contributed by atoms with Crippen LogP contribution >= 0.6 is 15.6 Å². The van der Waals surface area contributed by atoms with Crippen LogP contribution in [0.1, 0.15) is 362 Å². The highest BCUT2D eigenvalue weighted by Crippen LogP contribution is 2.45. The number of phosphoric ester groups is 2. The predicted octanol–water partition coefficient (Wildman–Crippen LogP) is 20.1. The lowest BCUT2D eigenvalue weighted by Crippen LogP contribution is -2.30. The van der Waals surface area contributed by atoms with E-state index in [2.05, 4.69) is 34.6 Å². The summed E-state index contributed by atoms with van der Waals surface area (Å²) in [7, 11) is -9.90. The summed E-state index contributed by atoms with van der Waals surface area (Å²) in [4.78, 5) is 72.5. The molecule has 0 aliphatic carbocycles. The normalized spacial score (nSPS) is 14.4.